The van der Waals surface area contributed by atoms with Gasteiger partial charge in [0, 0.05) is 25.2 Å². The van der Waals surface area contributed by atoms with E-state index in [0.29, 0.717) is 34.6 Å². The maximum absolute atomic E-state index is 12.7. The van der Waals surface area contributed by atoms with Crippen molar-refractivity contribution in [1.29, 1.82) is 0 Å². The van der Waals surface area contributed by atoms with E-state index < -0.39 is 0 Å². The number of nitrogens with one attached hydrogen (secondary N) is 1. The Bertz CT molecular complexity index is 557. The van der Waals surface area contributed by atoms with Gasteiger partial charge in [0.05, 0.1) is 18.7 Å². The second-order valence-electron chi connectivity index (χ2n) is 6.26. The van der Waals surface area contributed by atoms with Crippen molar-refractivity contribution in [2.45, 2.75) is 26.3 Å². The van der Waals surface area contributed by atoms with Crippen LogP contribution in [0.5, 0.6) is 11.5 Å². The first-order valence-corrected chi connectivity index (χ1v) is 8.30. The van der Waals surface area contributed by atoms with E-state index in [9.17, 15) is 4.79 Å². The van der Waals surface area contributed by atoms with Crippen LogP contribution in [0.4, 0.5) is 0 Å². The van der Waals surface area contributed by atoms with Crippen LogP contribution in [0, 0.1) is 5.92 Å². The minimum atomic E-state index is -0.0608. The molecule has 0 spiro atoms. The summed E-state index contributed by atoms with van der Waals surface area (Å²) in [4.78, 5) is 14.4. The van der Waals surface area contributed by atoms with Crippen LogP contribution in [-0.2, 0) is 0 Å². The second kappa shape index (κ2) is 7.88. The van der Waals surface area contributed by atoms with Gasteiger partial charge >= 0.3 is 0 Å². The Labute approximate surface area is 142 Å². The number of benzene rings is 1. The summed E-state index contributed by atoms with van der Waals surface area (Å²) in [6, 6.07) is 3.56. The number of amides is 1. The monoisotopic (exact) mass is 340 g/mol. The fourth-order valence-electron chi connectivity index (χ4n) is 2.57. The van der Waals surface area contributed by atoms with Gasteiger partial charge < -0.3 is 19.7 Å². The van der Waals surface area contributed by atoms with Gasteiger partial charge in [-0.25, -0.2) is 0 Å². The molecule has 1 fully saturated rings. The highest BCUT2D eigenvalue weighted by molar-refractivity contribution is 6.32. The van der Waals surface area contributed by atoms with E-state index in [1.165, 1.54) is 0 Å². The summed E-state index contributed by atoms with van der Waals surface area (Å²) in [6.07, 6.45) is 0.961. The van der Waals surface area contributed by atoms with Crippen molar-refractivity contribution in [3.05, 3.63) is 22.7 Å². The number of likely N-dealkylation sites (N-methyl/N-ethyl adjacent to an activating group) is 1. The predicted octanol–water partition coefficient (Wildman–Crippen LogP) is 2.82. The molecular weight excluding hydrogens is 316 g/mol. The molecule has 1 aromatic carbocycles. The third kappa shape index (κ3) is 4.30. The van der Waals surface area contributed by atoms with Crippen LogP contribution in [0.15, 0.2) is 12.1 Å². The first-order valence-electron chi connectivity index (χ1n) is 7.92. The molecule has 0 aromatic heterocycles. The molecule has 23 heavy (non-hydrogen) atoms. The zero-order chi connectivity index (χ0) is 17.0. The number of methoxy groups -OCH3 is 1. The Kier molecular flexibility index (Phi) is 6.13. The van der Waals surface area contributed by atoms with Gasteiger partial charge in [0.15, 0.2) is 11.5 Å². The van der Waals surface area contributed by atoms with Crippen molar-refractivity contribution >= 4 is 17.5 Å². The summed E-state index contributed by atoms with van der Waals surface area (Å²) >= 11 is 6.32. The van der Waals surface area contributed by atoms with E-state index in [-0.39, 0.29) is 11.9 Å². The molecule has 1 atom stereocenters. The first-order chi connectivity index (χ1) is 10.9. The molecule has 1 saturated heterocycles. The van der Waals surface area contributed by atoms with Crippen LogP contribution in [0.25, 0.3) is 0 Å². The van der Waals surface area contributed by atoms with Crippen LogP contribution in [0.1, 0.15) is 30.6 Å². The second-order valence-corrected chi connectivity index (χ2v) is 6.66. The van der Waals surface area contributed by atoms with E-state index in [1.54, 1.807) is 24.1 Å². The Balaban J connectivity index is 2.22. The Morgan fingerprint density at radius 3 is 2.78 bits per heavy atom. The maximum atomic E-state index is 12.7. The van der Waals surface area contributed by atoms with Gasteiger partial charge in [0.1, 0.15) is 0 Å². The minimum absolute atomic E-state index is 0.0608. The van der Waals surface area contributed by atoms with Crippen LogP contribution < -0.4 is 14.8 Å². The van der Waals surface area contributed by atoms with Gasteiger partial charge in [-0.2, -0.15) is 0 Å². The number of halogens is 1. The third-order valence-corrected chi connectivity index (χ3v) is 4.22. The van der Waals surface area contributed by atoms with Crippen LogP contribution in [-0.4, -0.2) is 50.7 Å². The molecule has 0 radical (unpaired) electrons. The molecule has 1 aromatic rings. The van der Waals surface area contributed by atoms with Crippen LogP contribution in [0.3, 0.4) is 0 Å². The summed E-state index contributed by atoms with van der Waals surface area (Å²) in [5, 5.41) is 3.66. The van der Waals surface area contributed by atoms with E-state index in [2.05, 4.69) is 19.2 Å². The maximum Gasteiger partial charge on any atom is 0.254 e. The standard InChI is InChI=1S/C17H25ClN2O3/c1-11(2)10-23-16-14(18)7-12(8-15(16)22-4)17(21)20(3)13-5-6-19-9-13/h7-8,11,13,19H,5-6,9-10H2,1-4H3. The zero-order valence-electron chi connectivity index (χ0n) is 14.2. The lowest BCUT2D eigenvalue weighted by atomic mass is 10.1. The average molecular weight is 341 g/mol. The summed E-state index contributed by atoms with van der Waals surface area (Å²) in [7, 11) is 3.37. The predicted molar refractivity (Wildman–Crippen MR) is 91.7 cm³/mol. The number of ether oxygens (including phenoxy) is 2. The van der Waals surface area contributed by atoms with Gasteiger partial charge in [-0.1, -0.05) is 25.4 Å². The molecule has 1 unspecified atom stereocenters. The highest BCUT2D eigenvalue weighted by atomic mass is 35.5. The molecule has 6 heteroatoms. The number of carbonyl (C=O) groups is 1. The molecule has 1 amide bonds. The van der Waals surface area contributed by atoms with Crippen LogP contribution in [0.2, 0.25) is 5.02 Å². The summed E-state index contributed by atoms with van der Waals surface area (Å²) < 4.78 is 11.1. The smallest absolute Gasteiger partial charge is 0.254 e. The number of rotatable bonds is 6. The third-order valence-electron chi connectivity index (χ3n) is 3.94. The number of carbonyl (C=O) groups excluding carboxylic acids is 1. The van der Waals surface area contributed by atoms with Crippen molar-refractivity contribution in [3.8, 4) is 11.5 Å². The van der Waals surface area contributed by atoms with Gasteiger partial charge in [0.2, 0.25) is 0 Å². The van der Waals surface area contributed by atoms with E-state index >= 15 is 0 Å². The Morgan fingerprint density at radius 1 is 1.48 bits per heavy atom. The Hall–Kier alpha value is -1.46. The van der Waals surface area contributed by atoms with Crippen molar-refractivity contribution in [2.24, 2.45) is 5.92 Å². The zero-order valence-corrected chi connectivity index (χ0v) is 14.9. The van der Waals surface area contributed by atoms with Gasteiger partial charge in [-0.05, 0) is 31.0 Å². The fourth-order valence-corrected chi connectivity index (χ4v) is 2.84. The normalized spacial score (nSPS) is 17.4. The molecule has 0 saturated carbocycles. The van der Waals surface area contributed by atoms with Gasteiger partial charge in [-0.3, -0.25) is 4.79 Å². The topological polar surface area (TPSA) is 50.8 Å². The lowest BCUT2D eigenvalue weighted by molar-refractivity contribution is 0.0743. The van der Waals surface area contributed by atoms with Crippen molar-refractivity contribution in [2.75, 3.05) is 33.9 Å². The lowest BCUT2D eigenvalue weighted by Crippen LogP contribution is -2.38. The number of hydrogen-bond acceptors (Lipinski definition) is 4. The molecular formula is C17H25ClN2O3. The van der Waals surface area contributed by atoms with Crippen molar-refractivity contribution in [1.82, 2.24) is 10.2 Å². The summed E-state index contributed by atoms with van der Waals surface area (Å²) in [5.74, 6) is 1.29. The Morgan fingerprint density at radius 2 is 2.22 bits per heavy atom. The average Bonchev–Trinajstić information content (AvgIpc) is 3.05. The van der Waals surface area contributed by atoms with E-state index in [0.717, 1.165) is 19.5 Å². The van der Waals surface area contributed by atoms with Crippen LogP contribution >= 0.6 is 11.6 Å². The quantitative estimate of drug-likeness (QED) is 0.865. The van der Waals surface area contributed by atoms with Gasteiger partial charge in [-0.15, -0.1) is 0 Å². The molecule has 0 bridgehead atoms. The molecule has 1 heterocycles. The fraction of sp³-hybridized carbons (Fsp3) is 0.588. The first kappa shape index (κ1) is 17.9. The summed E-state index contributed by atoms with van der Waals surface area (Å²) in [5.41, 5.74) is 0.512. The van der Waals surface area contributed by atoms with Crippen molar-refractivity contribution < 1.29 is 14.3 Å². The van der Waals surface area contributed by atoms with E-state index in [4.69, 9.17) is 21.1 Å². The molecule has 1 aliphatic heterocycles. The van der Waals surface area contributed by atoms with Gasteiger partial charge in [0.25, 0.3) is 5.91 Å². The molecule has 2 rings (SSSR count). The highest BCUT2D eigenvalue weighted by Crippen LogP contribution is 2.37. The highest BCUT2D eigenvalue weighted by Gasteiger charge is 2.25. The lowest BCUT2D eigenvalue weighted by Gasteiger charge is -2.24. The number of hydrogen-bond donors (Lipinski definition) is 1. The van der Waals surface area contributed by atoms with E-state index in [1.807, 2.05) is 7.05 Å². The summed E-state index contributed by atoms with van der Waals surface area (Å²) in [6.45, 7) is 6.42. The molecule has 0 aliphatic carbocycles. The van der Waals surface area contributed by atoms with Crippen molar-refractivity contribution in [3.63, 3.8) is 0 Å². The molecule has 1 aliphatic rings. The molecule has 1 N–H and O–H groups in total. The minimum Gasteiger partial charge on any atom is -0.493 e. The SMILES string of the molecule is COc1cc(C(=O)N(C)C2CCNC2)cc(Cl)c1OCC(C)C. The number of nitrogens with zero attached hydrogens (tertiary/aromatic N) is 1. The molecule has 5 nitrogen and oxygen atoms in total. The largest absolute Gasteiger partial charge is 0.493 e. The molecule has 128 valence electrons.